The van der Waals surface area contributed by atoms with Gasteiger partial charge >= 0.3 is 0 Å². The molecule has 0 amide bonds. The minimum absolute atomic E-state index is 0.0609. The van der Waals surface area contributed by atoms with Gasteiger partial charge in [0.15, 0.2) is 0 Å². The van der Waals surface area contributed by atoms with Crippen LogP contribution in [0.5, 0.6) is 0 Å². The van der Waals surface area contributed by atoms with Gasteiger partial charge < -0.3 is 5.32 Å². The highest BCUT2D eigenvalue weighted by atomic mass is 14.9. The lowest BCUT2D eigenvalue weighted by atomic mass is 9.56. The first kappa shape index (κ1) is 13.2. The Balaban J connectivity index is 2.38. The molecule has 1 heteroatoms. The molecule has 0 aromatic heterocycles. The Morgan fingerprint density at radius 1 is 0.850 bits per heavy atom. The molecule has 2 aromatic rings. The van der Waals surface area contributed by atoms with Crippen LogP contribution in [0.15, 0.2) is 48.5 Å². The summed E-state index contributed by atoms with van der Waals surface area (Å²) in [5.74, 6) is 0. The van der Waals surface area contributed by atoms with Gasteiger partial charge in [-0.15, -0.1) is 0 Å². The second-order valence-electron chi connectivity index (χ2n) is 6.73. The average Bonchev–Trinajstić information content (AvgIpc) is 2.43. The first-order valence-corrected chi connectivity index (χ1v) is 7.47. The summed E-state index contributed by atoms with van der Waals surface area (Å²) in [7, 11) is 0. The zero-order valence-electron chi connectivity index (χ0n) is 12.8. The molecule has 0 spiro atoms. The van der Waals surface area contributed by atoms with Crippen molar-refractivity contribution in [3.05, 3.63) is 59.7 Å². The van der Waals surface area contributed by atoms with Crippen LogP contribution >= 0.6 is 0 Å². The van der Waals surface area contributed by atoms with Crippen molar-refractivity contribution in [2.24, 2.45) is 5.41 Å². The zero-order valence-corrected chi connectivity index (χ0v) is 12.8. The highest BCUT2D eigenvalue weighted by Crippen LogP contribution is 2.56. The van der Waals surface area contributed by atoms with Crippen molar-refractivity contribution in [1.29, 1.82) is 0 Å². The number of benzene rings is 2. The summed E-state index contributed by atoms with van der Waals surface area (Å²) in [6.07, 6.45) is 1.10. The molecule has 0 atom stereocenters. The van der Waals surface area contributed by atoms with Crippen molar-refractivity contribution in [2.75, 3.05) is 5.32 Å². The predicted molar refractivity (Wildman–Crippen MR) is 86.7 cm³/mol. The lowest BCUT2D eigenvalue weighted by Gasteiger charge is -2.49. The predicted octanol–water partition coefficient (Wildman–Crippen LogP) is 5.49. The van der Waals surface area contributed by atoms with Gasteiger partial charge in [0.25, 0.3) is 0 Å². The van der Waals surface area contributed by atoms with E-state index >= 15 is 0 Å². The number of rotatable bonds is 1. The molecule has 0 saturated heterocycles. The Labute approximate surface area is 122 Å². The Morgan fingerprint density at radius 2 is 1.30 bits per heavy atom. The maximum Gasteiger partial charge on any atom is 0.0426 e. The number of hydrogen-bond donors (Lipinski definition) is 1. The topological polar surface area (TPSA) is 12.0 Å². The van der Waals surface area contributed by atoms with Gasteiger partial charge in [-0.2, -0.15) is 0 Å². The quantitative estimate of drug-likeness (QED) is 0.719. The number of fused-ring (bicyclic) bond motifs is 2. The van der Waals surface area contributed by atoms with E-state index in [2.05, 4.69) is 81.5 Å². The SMILES string of the molecule is CCC1(C(C)(C)C)c2ccccc2Nc2ccccc21. The second kappa shape index (κ2) is 4.37. The summed E-state index contributed by atoms with van der Waals surface area (Å²) in [4.78, 5) is 0. The molecule has 104 valence electrons. The van der Waals surface area contributed by atoms with Gasteiger partial charge in [0, 0.05) is 16.8 Å². The zero-order chi connectivity index (χ0) is 14.4. The molecule has 20 heavy (non-hydrogen) atoms. The third-order valence-corrected chi connectivity index (χ3v) is 4.85. The molecule has 0 bridgehead atoms. The van der Waals surface area contributed by atoms with Gasteiger partial charge in [0.1, 0.15) is 0 Å². The molecule has 1 aliphatic rings. The summed E-state index contributed by atoms with van der Waals surface area (Å²) in [6, 6.07) is 17.5. The Bertz CT molecular complexity index is 589. The molecule has 0 fully saturated rings. The molecule has 0 saturated carbocycles. The Hall–Kier alpha value is -1.76. The number of hydrogen-bond acceptors (Lipinski definition) is 1. The molecule has 1 heterocycles. The monoisotopic (exact) mass is 265 g/mol. The molecule has 2 aromatic carbocycles. The lowest BCUT2D eigenvalue weighted by molar-refractivity contribution is 0.220. The second-order valence-corrected chi connectivity index (χ2v) is 6.73. The molecular weight excluding hydrogens is 242 g/mol. The van der Waals surface area contributed by atoms with Crippen molar-refractivity contribution in [2.45, 2.75) is 39.5 Å². The molecule has 0 unspecified atom stereocenters. The molecule has 0 aliphatic carbocycles. The van der Waals surface area contributed by atoms with Crippen molar-refractivity contribution in [3.63, 3.8) is 0 Å². The Morgan fingerprint density at radius 3 is 1.70 bits per heavy atom. The maximum absolute atomic E-state index is 3.60. The largest absolute Gasteiger partial charge is 0.355 e. The van der Waals surface area contributed by atoms with E-state index in [0.717, 1.165) is 6.42 Å². The van der Waals surface area contributed by atoms with E-state index in [-0.39, 0.29) is 10.8 Å². The fourth-order valence-electron chi connectivity index (χ4n) is 3.94. The summed E-state index contributed by atoms with van der Waals surface area (Å²) >= 11 is 0. The van der Waals surface area contributed by atoms with Crippen molar-refractivity contribution >= 4 is 11.4 Å². The van der Waals surface area contributed by atoms with Crippen LogP contribution in [-0.2, 0) is 5.41 Å². The molecule has 3 rings (SSSR count). The fourth-order valence-corrected chi connectivity index (χ4v) is 3.94. The average molecular weight is 265 g/mol. The van der Waals surface area contributed by atoms with E-state index in [4.69, 9.17) is 0 Å². The van der Waals surface area contributed by atoms with Crippen LogP contribution in [0, 0.1) is 5.41 Å². The smallest absolute Gasteiger partial charge is 0.0426 e. The van der Waals surface area contributed by atoms with Gasteiger partial charge in [-0.25, -0.2) is 0 Å². The van der Waals surface area contributed by atoms with E-state index in [1.807, 2.05) is 0 Å². The van der Waals surface area contributed by atoms with E-state index in [1.54, 1.807) is 0 Å². The third-order valence-electron chi connectivity index (χ3n) is 4.85. The van der Waals surface area contributed by atoms with Crippen molar-refractivity contribution in [3.8, 4) is 0 Å². The van der Waals surface area contributed by atoms with Crippen LogP contribution in [0.2, 0.25) is 0 Å². The van der Waals surface area contributed by atoms with Crippen molar-refractivity contribution < 1.29 is 0 Å². The minimum Gasteiger partial charge on any atom is -0.355 e. The summed E-state index contributed by atoms with van der Waals surface area (Å²) in [5, 5.41) is 3.60. The molecule has 0 radical (unpaired) electrons. The summed E-state index contributed by atoms with van der Waals surface area (Å²) in [6.45, 7) is 9.38. The maximum atomic E-state index is 3.60. The standard InChI is InChI=1S/C19H23N/c1-5-19(18(2,3)4)14-10-6-8-12-16(14)20-17-13-9-7-11-15(17)19/h6-13,20H,5H2,1-4H3. The van der Waals surface area contributed by atoms with Crippen LogP contribution in [0.3, 0.4) is 0 Å². The Kier molecular flexibility index (Phi) is 2.89. The first-order valence-electron chi connectivity index (χ1n) is 7.47. The van der Waals surface area contributed by atoms with E-state index < -0.39 is 0 Å². The normalized spacial score (nSPS) is 16.0. The van der Waals surface area contributed by atoms with Crippen molar-refractivity contribution in [1.82, 2.24) is 0 Å². The van der Waals surface area contributed by atoms with Crippen LogP contribution < -0.4 is 5.32 Å². The highest BCUT2D eigenvalue weighted by Gasteiger charge is 2.47. The first-order chi connectivity index (χ1) is 9.50. The lowest BCUT2D eigenvalue weighted by Crippen LogP contribution is -2.43. The van der Waals surface area contributed by atoms with E-state index in [0.29, 0.717) is 0 Å². The fraction of sp³-hybridized carbons (Fsp3) is 0.368. The third kappa shape index (κ3) is 1.62. The highest BCUT2D eigenvalue weighted by molar-refractivity contribution is 5.76. The van der Waals surface area contributed by atoms with Crippen LogP contribution in [-0.4, -0.2) is 0 Å². The van der Waals surface area contributed by atoms with Gasteiger partial charge in [-0.05, 0) is 35.1 Å². The number of para-hydroxylation sites is 2. The van der Waals surface area contributed by atoms with Crippen LogP contribution in [0.4, 0.5) is 11.4 Å². The summed E-state index contributed by atoms with van der Waals surface area (Å²) in [5.41, 5.74) is 5.58. The van der Waals surface area contributed by atoms with Gasteiger partial charge in [0.05, 0.1) is 0 Å². The van der Waals surface area contributed by atoms with E-state index in [9.17, 15) is 0 Å². The molecule has 1 N–H and O–H groups in total. The summed E-state index contributed by atoms with van der Waals surface area (Å²) < 4.78 is 0. The van der Waals surface area contributed by atoms with Crippen LogP contribution in [0.25, 0.3) is 0 Å². The van der Waals surface area contributed by atoms with E-state index in [1.165, 1.54) is 22.5 Å². The molecule has 1 nitrogen and oxygen atoms in total. The molecular formula is C19H23N. The van der Waals surface area contributed by atoms with Crippen LogP contribution in [0.1, 0.15) is 45.2 Å². The number of nitrogens with one attached hydrogen (secondary N) is 1. The molecule has 1 aliphatic heterocycles. The van der Waals surface area contributed by atoms with Gasteiger partial charge in [-0.1, -0.05) is 64.1 Å². The van der Waals surface area contributed by atoms with Gasteiger partial charge in [-0.3, -0.25) is 0 Å². The van der Waals surface area contributed by atoms with Gasteiger partial charge in [0.2, 0.25) is 0 Å². The minimum atomic E-state index is 0.0609. The number of anilines is 2.